The lowest BCUT2D eigenvalue weighted by Crippen LogP contribution is -2.63. The molecule has 0 radical (unpaired) electrons. The van der Waals surface area contributed by atoms with Gasteiger partial charge in [-0.05, 0) is 0 Å². The molecule has 1 rings (SSSR count). The van der Waals surface area contributed by atoms with Crippen molar-refractivity contribution < 1.29 is 37.2 Å². The molecule has 104 valence electrons. The molecule has 0 bridgehead atoms. The summed E-state index contributed by atoms with van der Waals surface area (Å²) in [5, 5.41) is 27.5. The summed E-state index contributed by atoms with van der Waals surface area (Å²) in [5.74, 6) is 0. The first-order valence-corrected chi connectivity index (χ1v) is 5.66. The van der Waals surface area contributed by atoms with E-state index in [0.717, 1.165) is 0 Å². The molecule has 0 aromatic heterocycles. The minimum Gasteiger partial charge on any atom is -0.394 e. The van der Waals surface area contributed by atoms with Gasteiger partial charge >= 0.3 is 10.4 Å². The van der Waals surface area contributed by atoms with Crippen LogP contribution in [0.15, 0.2) is 0 Å². The molecular weight excluding hydrogens is 326 g/mol. The largest absolute Gasteiger partial charge is 0.397 e. The lowest BCUT2D eigenvalue weighted by atomic mass is 9.98. The molecule has 1 fully saturated rings. The molecule has 1 aliphatic heterocycles. The zero-order valence-corrected chi connectivity index (χ0v) is 10.9. The predicted octanol–water partition coefficient (Wildman–Crippen LogP) is -2.85. The van der Waals surface area contributed by atoms with Crippen molar-refractivity contribution in [2.75, 3.05) is 6.61 Å². The molecule has 0 saturated carbocycles. The summed E-state index contributed by atoms with van der Waals surface area (Å²) in [4.78, 5) is 0. The van der Waals surface area contributed by atoms with Crippen LogP contribution in [-0.2, 0) is 19.3 Å². The van der Waals surface area contributed by atoms with Gasteiger partial charge in [0.1, 0.15) is 18.3 Å². The summed E-state index contributed by atoms with van der Waals surface area (Å²) >= 11 is 0. The van der Waals surface area contributed by atoms with Crippen LogP contribution in [0.25, 0.3) is 0 Å². The van der Waals surface area contributed by atoms with Crippen LogP contribution in [0.1, 0.15) is 0 Å². The van der Waals surface area contributed by atoms with E-state index in [2.05, 4.69) is 8.92 Å². The fourth-order valence-corrected chi connectivity index (χ4v) is 1.89. The minimum atomic E-state index is -4.83. The molecule has 5 atom stereocenters. The van der Waals surface area contributed by atoms with Crippen molar-refractivity contribution in [1.29, 1.82) is 0 Å². The summed E-state index contributed by atoms with van der Waals surface area (Å²) in [5.41, 5.74) is 5.32. The van der Waals surface area contributed by atoms with Crippen molar-refractivity contribution in [3.63, 3.8) is 0 Å². The third-order valence-electron chi connectivity index (χ3n) is 2.15. The molecule has 1 unspecified atom stereocenters. The van der Waals surface area contributed by atoms with Crippen LogP contribution < -0.4 is 5.73 Å². The number of nitrogens with two attached hydrogens (primary N) is 1. The third kappa shape index (κ3) is 4.39. The number of aliphatic hydroxyl groups excluding tert-OH is 3. The Balaban J connectivity index is 0.00000256. The summed E-state index contributed by atoms with van der Waals surface area (Å²) in [6.45, 7) is -0.670. The molecule has 1 heterocycles. The standard InChI is InChI=1S/C6H13NO8S.BrH/c7-3-5(15-16(11,12)13)4(9)2(1-8)14-6(3)10;/h2-6,8-10H,1,7H2,(H,11,12,13);1H/t2-,3-,4-,5-,6?;/m1./s1. The van der Waals surface area contributed by atoms with Gasteiger partial charge in [-0.1, -0.05) is 0 Å². The maximum absolute atomic E-state index is 10.5. The lowest BCUT2D eigenvalue weighted by molar-refractivity contribution is -0.244. The van der Waals surface area contributed by atoms with Gasteiger partial charge in [0.15, 0.2) is 6.29 Å². The molecule has 0 amide bonds. The number of hydrogen-bond donors (Lipinski definition) is 5. The van der Waals surface area contributed by atoms with Crippen molar-refractivity contribution >= 4 is 27.4 Å². The smallest absolute Gasteiger partial charge is 0.394 e. The summed E-state index contributed by atoms with van der Waals surface area (Å²) < 4.78 is 38.2. The van der Waals surface area contributed by atoms with E-state index in [0.29, 0.717) is 0 Å². The van der Waals surface area contributed by atoms with Crippen LogP contribution in [0.3, 0.4) is 0 Å². The Bertz CT molecular complexity index is 337. The Hall–Kier alpha value is 0.150. The van der Waals surface area contributed by atoms with Crippen molar-refractivity contribution in [3.8, 4) is 0 Å². The SMILES string of the molecule is Br.N[C@H]1C(O)O[C@H](CO)[C@@H](O)[C@@H]1OS(=O)(=O)O. The Morgan fingerprint density at radius 1 is 1.35 bits per heavy atom. The second kappa shape index (κ2) is 6.36. The van der Waals surface area contributed by atoms with Gasteiger partial charge in [-0.15, -0.1) is 17.0 Å². The number of rotatable bonds is 3. The van der Waals surface area contributed by atoms with Gasteiger partial charge in [-0.25, -0.2) is 4.18 Å². The number of ether oxygens (including phenoxy) is 1. The Morgan fingerprint density at radius 3 is 2.29 bits per heavy atom. The quantitative estimate of drug-likeness (QED) is 0.341. The van der Waals surface area contributed by atoms with E-state index in [1.54, 1.807) is 0 Å². The van der Waals surface area contributed by atoms with Crippen molar-refractivity contribution in [2.45, 2.75) is 30.6 Å². The van der Waals surface area contributed by atoms with Crippen molar-refractivity contribution in [2.24, 2.45) is 5.73 Å². The van der Waals surface area contributed by atoms with Gasteiger partial charge in [0.2, 0.25) is 0 Å². The van der Waals surface area contributed by atoms with E-state index in [1.807, 2.05) is 0 Å². The van der Waals surface area contributed by atoms with Crippen LogP contribution >= 0.6 is 17.0 Å². The Morgan fingerprint density at radius 2 is 1.88 bits per heavy atom. The van der Waals surface area contributed by atoms with E-state index in [9.17, 15) is 18.6 Å². The van der Waals surface area contributed by atoms with Crippen LogP contribution in [0.2, 0.25) is 0 Å². The van der Waals surface area contributed by atoms with E-state index in [1.165, 1.54) is 0 Å². The molecule has 0 aromatic rings. The molecule has 1 saturated heterocycles. The van der Waals surface area contributed by atoms with E-state index >= 15 is 0 Å². The van der Waals surface area contributed by atoms with Crippen molar-refractivity contribution in [3.05, 3.63) is 0 Å². The number of hydrogen-bond acceptors (Lipinski definition) is 8. The molecule has 6 N–H and O–H groups in total. The first-order chi connectivity index (χ1) is 7.26. The topological polar surface area (TPSA) is 160 Å². The highest BCUT2D eigenvalue weighted by atomic mass is 79.9. The predicted molar refractivity (Wildman–Crippen MR) is 58.7 cm³/mol. The maximum atomic E-state index is 10.5. The fraction of sp³-hybridized carbons (Fsp3) is 1.00. The first kappa shape index (κ1) is 17.2. The molecular formula is C6H14BrNO8S. The monoisotopic (exact) mass is 339 g/mol. The van der Waals surface area contributed by atoms with Gasteiger partial charge in [0, 0.05) is 0 Å². The third-order valence-corrected chi connectivity index (χ3v) is 2.62. The lowest BCUT2D eigenvalue weighted by Gasteiger charge is -2.39. The van der Waals surface area contributed by atoms with E-state index in [4.69, 9.17) is 15.4 Å². The van der Waals surface area contributed by atoms with Gasteiger partial charge in [0.25, 0.3) is 0 Å². The van der Waals surface area contributed by atoms with Gasteiger partial charge in [-0.2, -0.15) is 8.42 Å². The molecule has 11 heteroatoms. The molecule has 0 spiro atoms. The molecule has 9 nitrogen and oxygen atoms in total. The number of aliphatic hydroxyl groups is 3. The van der Waals surface area contributed by atoms with E-state index in [-0.39, 0.29) is 17.0 Å². The first-order valence-electron chi connectivity index (χ1n) is 4.30. The highest BCUT2D eigenvalue weighted by Gasteiger charge is 2.45. The Labute approximate surface area is 108 Å². The van der Waals surface area contributed by atoms with Crippen molar-refractivity contribution in [1.82, 2.24) is 0 Å². The highest BCUT2D eigenvalue weighted by molar-refractivity contribution is 8.93. The highest BCUT2D eigenvalue weighted by Crippen LogP contribution is 2.21. The molecule has 1 aliphatic rings. The van der Waals surface area contributed by atoms with Crippen LogP contribution in [0, 0.1) is 0 Å². The number of halogens is 1. The summed E-state index contributed by atoms with van der Waals surface area (Å²) in [6.07, 6.45) is -6.06. The molecule has 0 aliphatic carbocycles. The second-order valence-electron chi connectivity index (χ2n) is 3.30. The Kier molecular flexibility index (Phi) is 6.41. The average molecular weight is 340 g/mol. The summed E-state index contributed by atoms with van der Waals surface area (Å²) in [7, 11) is -4.83. The summed E-state index contributed by atoms with van der Waals surface area (Å²) in [6, 6.07) is -1.38. The van der Waals surface area contributed by atoms with Crippen LogP contribution in [0.4, 0.5) is 0 Å². The zero-order valence-electron chi connectivity index (χ0n) is 8.41. The minimum absolute atomic E-state index is 0. The maximum Gasteiger partial charge on any atom is 0.397 e. The van der Waals surface area contributed by atoms with Gasteiger partial charge in [-0.3, -0.25) is 4.55 Å². The van der Waals surface area contributed by atoms with Gasteiger partial charge < -0.3 is 25.8 Å². The van der Waals surface area contributed by atoms with Crippen LogP contribution in [0.5, 0.6) is 0 Å². The normalized spacial score (nSPS) is 38.5. The second-order valence-corrected chi connectivity index (χ2v) is 4.35. The molecule has 17 heavy (non-hydrogen) atoms. The van der Waals surface area contributed by atoms with Crippen LogP contribution in [-0.4, -0.2) is 65.5 Å². The molecule has 0 aromatic carbocycles. The fourth-order valence-electron chi connectivity index (χ4n) is 1.36. The zero-order chi connectivity index (χ0) is 12.5. The average Bonchev–Trinajstić information content (AvgIpc) is 2.17. The van der Waals surface area contributed by atoms with Gasteiger partial charge in [0.05, 0.1) is 12.6 Å². The van der Waals surface area contributed by atoms with E-state index < -0.39 is 47.6 Å².